The lowest BCUT2D eigenvalue weighted by Gasteiger charge is -2.28. The standard InChI is InChI=1S/C56H60N4OSi/c1-54(2,3)40-31-38(30-39(32-40)48-27-26-42(35-58-48)62(10,11)12)43-28-29-57-53-49(43)59-52(46-33-41(55(4,5)6)34-47(51(46)61)56(7,8)9)60(53)50-44(36-20-15-13-16-21-36)24-19-25-45(50)37-22-17-14-18-23-37/h13-35,61H,1-12H3. The number of aromatic hydroxyl groups is 1. The van der Waals surface area contributed by atoms with Gasteiger partial charge in [0.2, 0.25) is 0 Å². The summed E-state index contributed by atoms with van der Waals surface area (Å²) in [5.74, 6) is 0.859. The first-order valence-corrected chi connectivity index (χ1v) is 25.3. The van der Waals surface area contributed by atoms with Gasteiger partial charge in [-0.15, -0.1) is 0 Å². The molecule has 62 heavy (non-hydrogen) atoms. The topological polar surface area (TPSA) is 63.8 Å². The van der Waals surface area contributed by atoms with Gasteiger partial charge >= 0.3 is 0 Å². The molecule has 0 atom stereocenters. The zero-order chi connectivity index (χ0) is 44.4. The summed E-state index contributed by atoms with van der Waals surface area (Å²) in [7, 11) is -1.53. The van der Waals surface area contributed by atoms with Gasteiger partial charge in [0.15, 0.2) is 11.5 Å². The summed E-state index contributed by atoms with van der Waals surface area (Å²) in [6.07, 6.45) is 3.98. The van der Waals surface area contributed by atoms with E-state index >= 15 is 0 Å². The molecule has 0 fully saturated rings. The molecule has 8 rings (SSSR count). The van der Waals surface area contributed by atoms with Crippen LogP contribution in [0.25, 0.3) is 72.9 Å². The first-order chi connectivity index (χ1) is 29.2. The van der Waals surface area contributed by atoms with E-state index in [2.05, 4.69) is 220 Å². The lowest BCUT2D eigenvalue weighted by atomic mass is 9.79. The number of aromatic nitrogens is 4. The van der Waals surface area contributed by atoms with Crippen LogP contribution in [0.15, 0.2) is 140 Å². The maximum Gasteiger partial charge on any atom is 0.165 e. The van der Waals surface area contributed by atoms with Crippen LogP contribution < -0.4 is 5.19 Å². The summed E-state index contributed by atoms with van der Waals surface area (Å²) in [6, 6.07) is 45.2. The molecule has 1 N–H and O–H groups in total. The molecule has 0 radical (unpaired) electrons. The minimum atomic E-state index is -1.53. The van der Waals surface area contributed by atoms with Crippen LogP contribution in [0.2, 0.25) is 19.6 Å². The molecule has 6 heteroatoms. The van der Waals surface area contributed by atoms with Gasteiger partial charge in [-0.05, 0) is 79.6 Å². The second-order valence-corrected chi connectivity index (χ2v) is 26.0. The van der Waals surface area contributed by atoms with E-state index in [1.165, 1.54) is 10.8 Å². The van der Waals surface area contributed by atoms with Crippen molar-refractivity contribution in [2.75, 3.05) is 0 Å². The van der Waals surface area contributed by atoms with Crippen LogP contribution in [0.5, 0.6) is 5.75 Å². The number of rotatable bonds is 7. The van der Waals surface area contributed by atoms with Gasteiger partial charge in [0.1, 0.15) is 11.3 Å². The average molecular weight is 833 g/mol. The van der Waals surface area contributed by atoms with Gasteiger partial charge in [-0.25, -0.2) is 9.97 Å². The molecule has 0 aliphatic carbocycles. The quantitative estimate of drug-likeness (QED) is 0.163. The molecule has 0 saturated heterocycles. The van der Waals surface area contributed by atoms with Crippen molar-refractivity contribution in [1.29, 1.82) is 0 Å². The highest BCUT2D eigenvalue weighted by atomic mass is 28.3. The van der Waals surface area contributed by atoms with Crippen LogP contribution >= 0.6 is 0 Å². The number of pyridine rings is 2. The van der Waals surface area contributed by atoms with Gasteiger partial charge in [0.25, 0.3) is 0 Å². The Morgan fingerprint density at radius 1 is 0.516 bits per heavy atom. The van der Waals surface area contributed by atoms with Gasteiger partial charge in [0, 0.05) is 40.2 Å². The summed E-state index contributed by atoms with van der Waals surface area (Å²) >= 11 is 0. The Morgan fingerprint density at radius 2 is 1.10 bits per heavy atom. The molecule has 314 valence electrons. The van der Waals surface area contributed by atoms with Crippen molar-refractivity contribution in [3.8, 4) is 67.5 Å². The third kappa shape index (κ3) is 8.16. The Kier molecular flexibility index (Phi) is 10.8. The van der Waals surface area contributed by atoms with Crippen LogP contribution in [0.4, 0.5) is 0 Å². The summed E-state index contributed by atoms with van der Waals surface area (Å²) in [6.45, 7) is 27.0. The highest BCUT2D eigenvalue weighted by molar-refractivity contribution is 6.88. The number of para-hydroxylation sites is 1. The Labute approximate surface area is 369 Å². The Morgan fingerprint density at radius 3 is 1.63 bits per heavy atom. The Hall–Kier alpha value is -6.11. The predicted molar refractivity (Wildman–Crippen MR) is 265 cm³/mol. The summed E-state index contributed by atoms with van der Waals surface area (Å²) in [4.78, 5) is 16.0. The molecular weight excluding hydrogens is 773 g/mol. The van der Waals surface area contributed by atoms with E-state index in [4.69, 9.17) is 15.0 Å². The summed E-state index contributed by atoms with van der Waals surface area (Å²) in [5.41, 5.74) is 13.8. The molecule has 5 nitrogen and oxygen atoms in total. The summed E-state index contributed by atoms with van der Waals surface area (Å²) in [5, 5.41) is 13.9. The SMILES string of the molecule is CC(C)(C)c1cc(-c2ccc([Si](C)(C)C)cn2)cc(-c2ccnc3c2nc(-c2cc(C(C)(C)C)cc(C(C)(C)C)c2O)n3-c2c(-c3ccccc3)cccc2-c2ccccc2)c1. The van der Waals surface area contributed by atoms with E-state index in [1.807, 2.05) is 6.20 Å². The molecule has 0 aliphatic rings. The van der Waals surface area contributed by atoms with Crippen molar-refractivity contribution in [3.63, 3.8) is 0 Å². The number of phenolic OH excluding ortho intramolecular Hbond substituents is 1. The second-order valence-electron chi connectivity index (χ2n) is 20.9. The predicted octanol–water partition coefficient (Wildman–Crippen LogP) is 14.3. The fourth-order valence-electron chi connectivity index (χ4n) is 8.27. The van der Waals surface area contributed by atoms with Crippen molar-refractivity contribution in [2.45, 2.75) is 98.2 Å². The first-order valence-electron chi connectivity index (χ1n) is 21.8. The first kappa shape index (κ1) is 42.6. The zero-order valence-corrected chi connectivity index (χ0v) is 39.5. The number of hydrogen-bond donors (Lipinski definition) is 1. The normalized spacial score (nSPS) is 12.6. The highest BCUT2D eigenvalue weighted by Crippen LogP contribution is 2.47. The average Bonchev–Trinajstić information content (AvgIpc) is 3.61. The molecule has 0 unspecified atom stereocenters. The minimum absolute atomic E-state index is 0.137. The van der Waals surface area contributed by atoms with Crippen molar-refractivity contribution >= 4 is 24.4 Å². The lowest BCUT2D eigenvalue weighted by molar-refractivity contribution is 0.446. The molecule has 0 bridgehead atoms. The number of phenols is 1. The van der Waals surface area contributed by atoms with E-state index < -0.39 is 8.07 Å². The highest BCUT2D eigenvalue weighted by Gasteiger charge is 2.31. The van der Waals surface area contributed by atoms with Crippen LogP contribution in [0.3, 0.4) is 0 Å². The monoisotopic (exact) mass is 832 g/mol. The van der Waals surface area contributed by atoms with E-state index in [9.17, 15) is 5.11 Å². The van der Waals surface area contributed by atoms with Crippen molar-refractivity contribution in [2.24, 2.45) is 0 Å². The third-order valence-corrected chi connectivity index (χ3v) is 14.1. The van der Waals surface area contributed by atoms with Crippen LogP contribution in [-0.4, -0.2) is 32.7 Å². The van der Waals surface area contributed by atoms with E-state index in [0.717, 1.165) is 67.0 Å². The van der Waals surface area contributed by atoms with Gasteiger partial charge in [-0.2, -0.15) is 0 Å². The molecular formula is C56H60N4OSi. The van der Waals surface area contributed by atoms with Gasteiger partial charge < -0.3 is 5.11 Å². The molecule has 0 spiro atoms. The third-order valence-electron chi connectivity index (χ3n) is 12.0. The van der Waals surface area contributed by atoms with Gasteiger partial charge in [-0.3, -0.25) is 9.55 Å². The second kappa shape index (κ2) is 15.7. The Balaban J connectivity index is 1.51. The van der Waals surface area contributed by atoms with E-state index in [1.54, 1.807) is 0 Å². The van der Waals surface area contributed by atoms with E-state index in [0.29, 0.717) is 17.0 Å². The number of hydrogen-bond acceptors (Lipinski definition) is 4. The number of benzene rings is 5. The number of nitrogens with zero attached hydrogens (tertiary/aromatic N) is 4. The number of imidazole rings is 1. The maximum atomic E-state index is 12.6. The van der Waals surface area contributed by atoms with Crippen LogP contribution in [0, 0.1) is 0 Å². The molecule has 0 aliphatic heterocycles. The zero-order valence-electron chi connectivity index (χ0n) is 38.5. The summed E-state index contributed by atoms with van der Waals surface area (Å²) < 4.78 is 2.21. The minimum Gasteiger partial charge on any atom is -0.507 e. The van der Waals surface area contributed by atoms with Crippen molar-refractivity contribution in [3.05, 3.63) is 156 Å². The Bertz CT molecular complexity index is 2860. The smallest absolute Gasteiger partial charge is 0.165 e. The number of fused-ring (bicyclic) bond motifs is 1. The molecule has 0 saturated carbocycles. The van der Waals surface area contributed by atoms with Gasteiger partial charge in [-0.1, -0.05) is 179 Å². The fourth-order valence-corrected chi connectivity index (χ4v) is 9.30. The maximum absolute atomic E-state index is 12.6. The molecule has 8 aromatic rings. The fraction of sp³-hybridized carbons (Fsp3) is 0.268. The van der Waals surface area contributed by atoms with Crippen molar-refractivity contribution in [1.82, 2.24) is 19.5 Å². The molecule has 3 heterocycles. The van der Waals surface area contributed by atoms with Crippen molar-refractivity contribution < 1.29 is 5.11 Å². The van der Waals surface area contributed by atoms with E-state index in [-0.39, 0.29) is 22.0 Å². The van der Waals surface area contributed by atoms with Crippen LogP contribution in [-0.2, 0) is 16.2 Å². The largest absolute Gasteiger partial charge is 0.507 e. The van der Waals surface area contributed by atoms with Crippen LogP contribution in [0.1, 0.15) is 79.0 Å². The van der Waals surface area contributed by atoms with Gasteiger partial charge in [0.05, 0.1) is 25.0 Å². The lowest BCUT2D eigenvalue weighted by Crippen LogP contribution is -2.37. The molecule has 5 aromatic carbocycles. The molecule has 3 aromatic heterocycles. The molecule has 0 amide bonds.